The van der Waals surface area contributed by atoms with Crippen LogP contribution in [0.2, 0.25) is 0 Å². The van der Waals surface area contributed by atoms with Crippen molar-refractivity contribution in [2.75, 3.05) is 24.7 Å². The molecule has 1 heterocycles. The number of rotatable bonds is 7. The van der Waals surface area contributed by atoms with E-state index in [0.29, 0.717) is 11.5 Å². The Bertz CT molecular complexity index is 721. The summed E-state index contributed by atoms with van der Waals surface area (Å²) in [6.45, 7) is 5.76. The van der Waals surface area contributed by atoms with Crippen LogP contribution in [0.15, 0.2) is 28.8 Å². The molecular weight excluding hydrogens is 338 g/mol. The number of aromatic nitrogens is 1. The Labute approximate surface area is 151 Å². The Morgan fingerprint density at radius 2 is 1.88 bits per heavy atom. The van der Waals surface area contributed by atoms with E-state index in [1.165, 1.54) is 16.7 Å². The molecule has 0 aliphatic heterocycles. The highest BCUT2D eigenvalue weighted by Crippen LogP contribution is 2.19. The van der Waals surface area contributed by atoms with E-state index in [1.54, 1.807) is 7.05 Å². The minimum absolute atomic E-state index is 0.0264. The van der Waals surface area contributed by atoms with Gasteiger partial charge in [-0.3, -0.25) is 9.59 Å². The number of nitrogens with one attached hydrogen (secondary N) is 1. The van der Waals surface area contributed by atoms with Gasteiger partial charge in [-0.05, 0) is 32.9 Å². The summed E-state index contributed by atoms with van der Waals surface area (Å²) in [7, 11) is 1.63. The number of benzene rings is 1. The van der Waals surface area contributed by atoms with Crippen molar-refractivity contribution in [3.8, 4) is 0 Å². The van der Waals surface area contributed by atoms with Crippen LogP contribution in [0.25, 0.3) is 0 Å². The molecular formula is C18H23N3O3S. The molecule has 25 heavy (non-hydrogen) atoms. The second kappa shape index (κ2) is 8.71. The molecule has 6 nitrogen and oxygen atoms in total. The van der Waals surface area contributed by atoms with Crippen LogP contribution in [0, 0.1) is 20.8 Å². The molecule has 0 aliphatic rings. The second-order valence-electron chi connectivity index (χ2n) is 5.96. The lowest BCUT2D eigenvalue weighted by molar-refractivity contribution is -0.131. The van der Waals surface area contributed by atoms with Crippen LogP contribution >= 0.6 is 11.8 Å². The summed E-state index contributed by atoms with van der Waals surface area (Å²) >= 11 is 1.49. The van der Waals surface area contributed by atoms with Crippen molar-refractivity contribution in [1.29, 1.82) is 0 Å². The van der Waals surface area contributed by atoms with Gasteiger partial charge in [-0.2, -0.15) is 0 Å². The Balaban J connectivity index is 1.75. The minimum atomic E-state index is -0.213. The molecule has 0 atom stereocenters. The summed E-state index contributed by atoms with van der Waals surface area (Å²) in [4.78, 5) is 25.6. The molecule has 2 aromatic rings. The van der Waals surface area contributed by atoms with Gasteiger partial charge >= 0.3 is 0 Å². The van der Waals surface area contributed by atoms with E-state index in [1.807, 2.05) is 45.0 Å². The maximum atomic E-state index is 12.2. The smallest absolute Gasteiger partial charge is 0.243 e. The normalized spacial score (nSPS) is 10.6. The number of thioether (sulfide) groups is 1. The summed E-state index contributed by atoms with van der Waals surface area (Å²) in [6.07, 6.45) is 0. The van der Waals surface area contributed by atoms with E-state index < -0.39 is 0 Å². The predicted octanol–water partition coefficient (Wildman–Crippen LogP) is 2.93. The van der Waals surface area contributed by atoms with Crippen molar-refractivity contribution in [3.63, 3.8) is 0 Å². The van der Waals surface area contributed by atoms with E-state index in [9.17, 15) is 9.59 Å². The third-order valence-corrected chi connectivity index (χ3v) is 4.74. The third-order valence-electron chi connectivity index (χ3n) is 3.80. The van der Waals surface area contributed by atoms with Gasteiger partial charge in [-0.25, -0.2) is 0 Å². The number of aryl methyl sites for hydroxylation is 3. The lowest BCUT2D eigenvalue weighted by atomic mass is 10.2. The zero-order valence-corrected chi connectivity index (χ0v) is 15.8. The summed E-state index contributed by atoms with van der Waals surface area (Å²) in [5, 5.41) is 6.69. The van der Waals surface area contributed by atoms with Gasteiger partial charge in [0.25, 0.3) is 0 Å². The number of carbonyl (C=O) groups excluding carboxylic acids is 2. The van der Waals surface area contributed by atoms with Crippen LogP contribution in [0.4, 0.5) is 5.69 Å². The van der Waals surface area contributed by atoms with Crippen molar-refractivity contribution in [3.05, 3.63) is 46.8 Å². The highest BCUT2D eigenvalue weighted by Gasteiger charge is 2.15. The van der Waals surface area contributed by atoms with Crippen molar-refractivity contribution in [2.45, 2.75) is 26.5 Å². The maximum absolute atomic E-state index is 12.2. The molecule has 0 saturated carbocycles. The van der Waals surface area contributed by atoms with E-state index >= 15 is 0 Å². The van der Waals surface area contributed by atoms with Crippen LogP contribution in [0.5, 0.6) is 0 Å². The van der Waals surface area contributed by atoms with Crippen molar-refractivity contribution in [2.24, 2.45) is 0 Å². The lowest BCUT2D eigenvalue weighted by Crippen LogP contribution is -2.36. The molecule has 0 unspecified atom stereocenters. The SMILES string of the molecule is Cc1ccc(NC(=O)CN(C)C(=O)CSCc2c(C)noc2C)cc1. The number of anilines is 1. The molecule has 0 bridgehead atoms. The number of carbonyl (C=O) groups is 2. The quantitative estimate of drug-likeness (QED) is 0.821. The number of amides is 2. The molecule has 0 saturated heterocycles. The standard InChI is InChI=1S/C18H23N3O3S/c1-12-5-7-15(8-6-12)19-17(22)9-21(4)18(23)11-25-10-16-13(2)20-24-14(16)3/h5-8H,9-11H2,1-4H3,(H,19,22). The molecule has 0 spiro atoms. The van der Waals surface area contributed by atoms with Gasteiger partial charge < -0.3 is 14.7 Å². The largest absolute Gasteiger partial charge is 0.361 e. The van der Waals surface area contributed by atoms with Crippen LogP contribution < -0.4 is 5.32 Å². The first kappa shape index (κ1) is 19.1. The van der Waals surface area contributed by atoms with Crippen LogP contribution in [-0.2, 0) is 15.3 Å². The Morgan fingerprint density at radius 3 is 2.48 bits per heavy atom. The summed E-state index contributed by atoms with van der Waals surface area (Å²) in [5.41, 5.74) is 3.73. The average Bonchev–Trinajstić information content (AvgIpc) is 2.88. The zero-order chi connectivity index (χ0) is 18.4. The summed E-state index contributed by atoms with van der Waals surface area (Å²) in [6, 6.07) is 7.54. The molecule has 134 valence electrons. The molecule has 1 aromatic carbocycles. The van der Waals surface area contributed by atoms with Crippen LogP contribution in [0.3, 0.4) is 0 Å². The second-order valence-corrected chi connectivity index (χ2v) is 6.95. The highest BCUT2D eigenvalue weighted by atomic mass is 32.2. The van der Waals surface area contributed by atoms with Crippen molar-refractivity contribution < 1.29 is 14.1 Å². The van der Waals surface area contributed by atoms with Gasteiger partial charge in [0.2, 0.25) is 11.8 Å². The Kier molecular flexibility index (Phi) is 6.64. The zero-order valence-electron chi connectivity index (χ0n) is 15.0. The van der Waals surface area contributed by atoms with E-state index in [-0.39, 0.29) is 18.4 Å². The first-order valence-corrected chi connectivity index (χ1v) is 9.12. The molecule has 0 fully saturated rings. The van der Waals surface area contributed by atoms with Crippen LogP contribution in [-0.4, -0.2) is 41.2 Å². The molecule has 2 amide bonds. The first-order valence-electron chi connectivity index (χ1n) is 7.96. The third kappa shape index (κ3) is 5.63. The molecule has 1 aromatic heterocycles. The number of likely N-dealkylation sites (N-methyl/N-ethyl adjacent to an activating group) is 1. The Hall–Kier alpha value is -2.28. The fourth-order valence-electron chi connectivity index (χ4n) is 2.20. The van der Waals surface area contributed by atoms with Crippen LogP contribution in [0.1, 0.15) is 22.6 Å². The minimum Gasteiger partial charge on any atom is -0.361 e. The van der Waals surface area contributed by atoms with Crippen molar-refractivity contribution in [1.82, 2.24) is 10.1 Å². The number of hydrogen-bond acceptors (Lipinski definition) is 5. The fourth-order valence-corrected chi connectivity index (χ4v) is 3.31. The van der Waals surface area contributed by atoms with Gasteiger partial charge in [-0.1, -0.05) is 22.9 Å². The first-order chi connectivity index (χ1) is 11.9. The monoisotopic (exact) mass is 361 g/mol. The molecule has 2 rings (SSSR count). The summed E-state index contributed by atoms with van der Waals surface area (Å²) in [5.74, 6) is 1.45. The maximum Gasteiger partial charge on any atom is 0.243 e. The summed E-state index contributed by atoms with van der Waals surface area (Å²) < 4.78 is 5.11. The topological polar surface area (TPSA) is 75.4 Å². The molecule has 1 N–H and O–H groups in total. The lowest BCUT2D eigenvalue weighted by Gasteiger charge is -2.16. The molecule has 7 heteroatoms. The molecule has 0 aliphatic carbocycles. The van der Waals surface area contributed by atoms with E-state index in [2.05, 4.69) is 10.5 Å². The average molecular weight is 361 g/mol. The van der Waals surface area contributed by atoms with E-state index in [0.717, 1.165) is 28.3 Å². The molecule has 0 radical (unpaired) electrons. The van der Waals surface area contributed by atoms with Gasteiger partial charge in [0.1, 0.15) is 5.76 Å². The predicted molar refractivity (Wildman–Crippen MR) is 99.6 cm³/mol. The van der Waals surface area contributed by atoms with E-state index in [4.69, 9.17) is 4.52 Å². The van der Waals surface area contributed by atoms with Gasteiger partial charge in [0.15, 0.2) is 0 Å². The van der Waals surface area contributed by atoms with Crippen molar-refractivity contribution >= 4 is 29.3 Å². The van der Waals surface area contributed by atoms with Gasteiger partial charge in [0.05, 0.1) is 18.0 Å². The fraction of sp³-hybridized carbons (Fsp3) is 0.389. The highest BCUT2D eigenvalue weighted by molar-refractivity contribution is 7.99. The van der Waals surface area contributed by atoms with Gasteiger partial charge in [-0.15, -0.1) is 11.8 Å². The Morgan fingerprint density at radius 1 is 1.20 bits per heavy atom. The van der Waals surface area contributed by atoms with Gasteiger partial charge in [0, 0.05) is 24.1 Å². The number of nitrogens with zero attached hydrogens (tertiary/aromatic N) is 2. The number of hydrogen-bond donors (Lipinski definition) is 1.